The lowest BCUT2D eigenvalue weighted by Gasteiger charge is -2.08. The summed E-state index contributed by atoms with van der Waals surface area (Å²) in [6.07, 6.45) is 1.53. The predicted octanol–water partition coefficient (Wildman–Crippen LogP) is 5.14. The van der Waals surface area contributed by atoms with Crippen molar-refractivity contribution < 1.29 is 4.39 Å². The lowest BCUT2D eigenvalue weighted by molar-refractivity contribution is 0.621. The van der Waals surface area contributed by atoms with Gasteiger partial charge >= 0.3 is 0 Å². The molecule has 1 heterocycles. The molecule has 2 aromatic rings. The molecule has 2 rings (SSSR count). The van der Waals surface area contributed by atoms with Crippen LogP contribution in [0, 0.1) is 5.82 Å². The van der Waals surface area contributed by atoms with Crippen LogP contribution in [-0.2, 0) is 0 Å². The van der Waals surface area contributed by atoms with Crippen LogP contribution in [0.5, 0.6) is 0 Å². The standard InChI is InChI=1S/C11H6Br2ClFN2/c12-8-4-7(1-2-10(8)15)17-11-9(13)3-6(14)5-16-11/h1-5H,(H,16,17). The average molecular weight is 380 g/mol. The number of nitrogens with zero attached hydrogens (tertiary/aromatic N) is 1. The van der Waals surface area contributed by atoms with Crippen LogP contribution in [0.1, 0.15) is 0 Å². The fourth-order valence-electron chi connectivity index (χ4n) is 1.22. The summed E-state index contributed by atoms with van der Waals surface area (Å²) in [6, 6.07) is 6.37. The minimum Gasteiger partial charge on any atom is -0.339 e. The molecule has 1 aromatic carbocycles. The number of anilines is 2. The molecule has 0 aliphatic heterocycles. The molecule has 0 aliphatic carbocycles. The number of benzene rings is 1. The maximum Gasteiger partial charge on any atom is 0.144 e. The number of aromatic nitrogens is 1. The molecule has 88 valence electrons. The van der Waals surface area contributed by atoms with Gasteiger partial charge in [0.2, 0.25) is 0 Å². The Balaban J connectivity index is 2.28. The van der Waals surface area contributed by atoms with Gasteiger partial charge in [-0.15, -0.1) is 0 Å². The van der Waals surface area contributed by atoms with Crippen molar-refractivity contribution >= 4 is 55.0 Å². The van der Waals surface area contributed by atoms with Gasteiger partial charge in [-0.2, -0.15) is 0 Å². The minimum absolute atomic E-state index is 0.307. The van der Waals surface area contributed by atoms with Crippen molar-refractivity contribution in [2.45, 2.75) is 0 Å². The van der Waals surface area contributed by atoms with Crippen molar-refractivity contribution in [1.82, 2.24) is 4.98 Å². The van der Waals surface area contributed by atoms with Crippen molar-refractivity contribution in [3.8, 4) is 0 Å². The summed E-state index contributed by atoms with van der Waals surface area (Å²) in [4.78, 5) is 4.13. The second kappa shape index (κ2) is 5.33. The highest BCUT2D eigenvalue weighted by Gasteiger charge is 2.05. The topological polar surface area (TPSA) is 24.9 Å². The first kappa shape index (κ1) is 12.8. The van der Waals surface area contributed by atoms with Crippen LogP contribution < -0.4 is 5.32 Å². The molecule has 2 nitrogen and oxygen atoms in total. The molecule has 0 saturated heterocycles. The number of pyridine rings is 1. The molecule has 0 radical (unpaired) electrons. The molecule has 0 amide bonds. The zero-order valence-corrected chi connectivity index (χ0v) is 12.3. The summed E-state index contributed by atoms with van der Waals surface area (Å²) >= 11 is 12.3. The zero-order chi connectivity index (χ0) is 12.4. The van der Waals surface area contributed by atoms with Crippen molar-refractivity contribution in [3.63, 3.8) is 0 Å². The van der Waals surface area contributed by atoms with Gasteiger partial charge in [0.25, 0.3) is 0 Å². The van der Waals surface area contributed by atoms with Crippen LogP contribution in [0.15, 0.2) is 39.4 Å². The molecule has 1 N–H and O–H groups in total. The summed E-state index contributed by atoms with van der Waals surface area (Å²) in [7, 11) is 0. The second-order valence-corrected chi connectivity index (χ2v) is 5.38. The first-order valence-corrected chi connectivity index (χ1v) is 6.56. The van der Waals surface area contributed by atoms with E-state index in [1.807, 2.05) is 0 Å². The quantitative estimate of drug-likeness (QED) is 0.780. The highest BCUT2D eigenvalue weighted by atomic mass is 79.9. The lowest BCUT2D eigenvalue weighted by atomic mass is 10.3. The molecule has 6 heteroatoms. The van der Waals surface area contributed by atoms with Crippen LogP contribution in [0.3, 0.4) is 0 Å². The lowest BCUT2D eigenvalue weighted by Crippen LogP contribution is -1.95. The van der Waals surface area contributed by atoms with Gasteiger partial charge in [0.1, 0.15) is 11.6 Å². The van der Waals surface area contributed by atoms with Gasteiger partial charge in [-0.05, 0) is 56.1 Å². The Kier molecular flexibility index (Phi) is 4.01. The smallest absolute Gasteiger partial charge is 0.144 e. The van der Waals surface area contributed by atoms with E-state index in [-0.39, 0.29) is 5.82 Å². The number of halogens is 4. The van der Waals surface area contributed by atoms with E-state index in [2.05, 4.69) is 42.2 Å². The van der Waals surface area contributed by atoms with Gasteiger partial charge in [0, 0.05) is 11.9 Å². The van der Waals surface area contributed by atoms with E-state index in [0.29, 0.717) is 15.3 Å². The Morgan fingerprint density at radius 1 is 1.18 bits per heavy atom. The van der Waals surface area contributed by atoms with E-state index in [1.54, 1.807) is 18.2 Å². The Morgan fingerprint density at radius 2 is 1.94 bits per heavy atom. The van der Waals surface area contributed by atoms with Crippen molar-refractivity contribution in [1.29, 1.82) is 0 Å². The van der Waals surface area contributed by atoms with Crippen LogP contribution in [0.4, 0.5) is 15.9 Å². The molecule has 17 heavy (non-hydrogen) atoms. The van der Waals surface area contributed by atoms with Crippen LogP contribution >= 0.6 is 43.5 Å². The summed E-state index contributed by atoms with van der Waals surface area (Å²) < 4.78 is 14.2. The molecule has 0 spiro atoms. The normalized spacial score (nSPS) is 10.4. The molecular formula is C11H6Br2ClFN2. The third-order valence-electron chi connectivity index (χ3n) is 1.99. The number of hydrogen-bond donors (Lipinski definition) is 1. The van der Waals surface area contributed by atoms with Crippen LogP contribution in [0.25, 0.3) is 0 Å². The minimum atomic E-state index is -0.307. The van der Waals surface area contributed by atoms with Gasteiger partial charge in [0.05, 0.1) is 14.0 Å². The van der Waals surface area contributed by atoms with Gasteiger partial charge in [-0.3, -0.25) is 0 Å². The van der Waals surface area contributed by atoms with E-state index < -0.39 is 0 Å². The molecule has 0 unspecified atom stereocenters. The fourth-order valence-corrected chi connectivity index (χ4v) is 2.33. The molecule has 0 atom stereocenters. The van der Waals surface area contributed by atoms with E-state index >= 15 is 0 Å². The monoisotopic (exact) mass is 378 g/mol. The first-order chi connectivity index (χ1) is 8.06. The SMILES string of the molecule is Fc1ccc(Nc2ncc(Cl)cc2Br)cc1Br. The summed E-state index contributed by atoms with van der Waals surface area (Å²) in [5, 5.41) is 3.60. The van der Waals surface area contributed by atoms with E-state index in [9.17, 15) is 4.39 Å². The molecule has 0 fully saturated rings. The van der Waals surface area contributed by atoms with Gasteiger partial charge < -0.3 is 5.32 Å². The Hall–Kier alpha value is -0.650. The highest BCUT2D eigenvalue weighted by molar-refractivity contribution is 9.10. The molecule has 0 aliphatic rings. The van der Waals surface area contributed by atoms with Crippen molar-refractivity contribution in [2.24, 2.45) is 0 Å². The van der Waals surface area contributed by atoms with Crippen LogP contribution in [0.2, 0.25) is 5.02 Å². The summed E-state index contributed by atoms with van der Waals surface area (Å²) in [6.45, 7) is 0. The largest absolute Gasteiger partial charge is 0.339 e. The maximum atomic E-state index is 13.1. The summed E-state index contributed by atoms with van der Waals surface area (Å²) in [5.74, 6) is 0.312. The van der Waals surface area contributed by atoms with Crippen LogP contribution in [-0.4, -0.2) is 4.98 Å². The van der Waals surface area contributed by atoms with Gasteiger partial charge in [-0.25, -0.2) is 9.37 Å². The van der Waals surface area contributed by atoms with Gasteiger partial charge in [0.15, 0.2) is 0 Å². The van der Waals surface area contributed by atoms with Gasteiger partial charge in [-0.1, -0.05) is 11.6 Å². The zero-order valence-electron chi connectivity index (χ0n) is 8.35. The predicted molar refractivity (Wildman–Crippen MR) is 74.3 cm³/mol. The molecule has 0 bridgehead atoms. The Labute approximate surface area is 119 Å². The number of rotatable bonds is 2. The third-order valence-corrected chi connectivity index (χ3v) is 3.41. The van der Waals surface area contributed by atoms with E-state index in [1.165, 1.54) is 12.3 Å². The first-order valence-electron chi connectivity index (χ1n) is 4.59. The van der Waals surface area contributed by atoms with E-state index in [0.717, 1.165) is 10.2 Å². The maximum absolute atomic E-state index is 13.1. The second-order valence-electron chi connectivity index (χ2n) is 3.24. The Bertz CT molecular complexity index is 563. The van der Waals surface area contributed by atoms with Crippen molar-refractivity contribution in [3.05, 3.63) is 50.2 Å². The highest BCUT2D eigenvalue weighted by Crippen LogP contribution is 2.28. The average Bonchev–Trinajstić information content (AvgIpc) is 2.27. The number of nitrogens with one attached hydrogen (secondary N) is 1. The van der Waals surface area contributed by atoms with E-state index in [4.69, 9.17) is 11.6 Å². The third kappa shape index (κ3) is 3.18. The van der Waals surface area contributed by atoms with Crippen molar-refractivity contribution in [2.75, 3.05) is 5.32 Å². The number of hydrogen-bond acceptors (Lipinski definition) is 2. The fraction of sp³-hybridized carbons (Fsp3) is 0. The molecule has 0 saturated carbocycles. The summed E-state index contributed by atoms with van der Waals surface area (Å²) in [5.41, 5.74) is 0.730. The molecular weight excluding hydrogens is 374 g/mol. The molecule has 1 aromatic heterocycles. The Morgan fingerprint density at radius 3 is 2.59 bits per heavy atom.